The van der Waals surface area contributed by atoms with Gasteiger partial charge in [-0.15, -0.1) is 0 Å². The van der Waals surface area contributed by atoms with Crippen molar-refractivity contribution in [1.82, 2.24) is 9.88 Å². The van der Waals surface area contributed by atoms with E-state index in [1.54, 1.807) is 25.4 Å². The van der Waals surface area contributed by atoms with Gasteiger partial charge in [-0.3, -0.25) is 4.79 Å². The highest BCUT2D eigenvalue weighted by Gasteiger charge is 2.37. The fraction of sp³-hybridized carbons (Fsp3) is 0.429. The summed E-state index contributed by atoms with van der Waals surface area (Å²) in [4.78, 5) is 19.1. The van der Waals surface area contributed by atoms with Gasteiger partial charge in [0.25, 0.3) is 5.91 Å². The van der Waals surface area contributed by atoms with Gasteiger partial charge in [-0.05, 0) is 17.0 Å². The molecule has 1 fully saturated rings. The van der Waals surface area contributed by atoms with E-state index in [2.05, 4.69) is 25.8 Å². The van der Waals surface area contributed by atoms with Crippen molar-refractivity contribution in [3.63, 3.8) is 0 Å². The van der Waals surface area contributed by atoms with Crippen LogP contribution in [0.25, 0.3) is 0 Å². The quantitative estimate of drug-likeness (QED) is 0.843. The van der Waals surface area contributed by atoms with E-state index in [-0.39, 0.29) is 23.5 Å². The van der Waals surface area contributed by atoms with E-state index in [9.17, 15) is 4.79 Å². The summed E-state index contributed by atoms with van der Waals surface area (Å²) >= 11 is 0. The molecule has 2 atom stereocenters. The number of aromatic nitrogens is 1. The SMILES string of the molecule is COc1cc(C(=O)N2C[C@@H](c3ccccc3)O[C@@H](C(C)(C)C)C2)ccn1. The summed E-state index contributed by atoms with van der Waals surface area (Å²) in [6.45, 7) is 7.52. The largest absolute Gasteiger partial charge is 0.481 e. The van der Waals surface area contributed by atoms with Crippen LogP contribution in [0.4, 0.5) is 0 Å². The average Bonchev–Trinajstić information content (AvgIpc) is 2.67. The average molecular weight is 354 g/mol. The summed E-state index contributed by atoms with van der Waals surface area (Å²) in [6, 6.07) is 13.5. The Morgan fingerprint density at radius 3 is 2.58 bits per heavy atom. The molecule has 2 heterocycles. The highest BCUT2D eigenvalue weighted by Crippen LogP contribution is 2.34. The van der Waals surface area contributed by atoms with E-state index in [0.29, 0.717) is 24.5 Å². The fourth-order valence-corrected chi connectivity index (χ4v) is 3.09. The monoisotopic (exact) mass is 354 g/mol. The lowest BCUT2D eigenvalue weighted by atomic mass is 9.87. The minimum atomic E-state index is -0.137. The van der Waals surface area contributed by atoms with Crippen LogP contribution in [0, 0.1) is 5.41 Å². The van der Waals surface area contributed by atoms with Crippen LogP contribution < -0.4 is 4.74 Å². The molecule has 26 heavy (non-hydrogen) atoms. The molecule has 0 N–H and O–H groups in total. The van der Waals surface area contributed by atoms with Crippen molar-refractivity contribution in [3.8, 4) is 5.88 Å². The second-order valence-electron chi connectivity index (χ2n) is 7.69. The molecule has 1 aromatic heterocycles. The Labute approximate surface area is 155 Å². The first-order valence-corrected chi connectivity index (χ1v) is 8.88. The van der Waals surface area contributed by atoms with Gasteiger partial charge >= 0.3 is 0 Å². The number of rotatable bonds is 3. The zero-order valence-corrected chi connectivity index (χ0v) is 15.8. The zero-order chi connectivity index (χ0) is 18.7. The maximum Gasteiger partial charge on any atom is 0.254 e. The van der Waals surface area contributed by atoms with Gasteiger partial charge in [-0.1, -0.05) is 51.1 Å². The first-order valence-electron chi connectivity index (χ1n) is 8.88. The minimum absolute atomic E-state index is 0.0239. The third-order valence-corrected chi connectivity index (χ3v) is 4.72. The van der Waals surface area contributed by atoms with Crippen molar-refractivity contribution in [2.45, 2.75) is 33.0 Å². The van der Waals surface area contributed by atoms with E-state index >= 15 is 0 Å². The van der Waals surface area contributed by atoms with E-state index < -0.39 is 0 Å². The summed E-state index contributed by atoms with van der Waals surface area (Å²) in [5.74, 6) is 0.417. The predicted octanol–water partition coefficient (Wildman–Crippen LogP) is 3.72. The fourth-order valence-electron chi connectivity index (χ4n) is 3.09. The molecule has 0 saturated carbocycles. The van der Waals surface area contributed by atoms with Crippen LogP contribution in [-0.4, -0.2) is 42.1 Å². The molecule has 2 aromatic rings. The number of carbonyl (C=O) groups excluding carboxylic acids is 1. The van der Waals surface area contributed by atoms with Gasteiger partial charge in [-0.2, -0.15) is 0 Å². The summed E-state index contributed by atoms with van der Waals surface area (Å²) in [7, 11) is 1.55. The van der Waals surface area contributed by atoms with Crippen LogP contribution in [0.1, 0.15) is 42.8 Å². The lowest BCUT2D eigenvalue weighted by molar-refractivity contribution is -0.119. The van der Waals surface area contributed by atoms with Crippen molar-refractivity contribution >= 4 is 5.91 Å². The molecule has 0 aliphatic carbocycles. The van der Waals surface area contributed by atoms with Crippen LogP contribution in [0.2, 0.25) is 0 Å². The second-order valence-corrected chi connectivity index (χ2v) is 7.69. The first kappa shape index (κ1) is 18.4. The molecule has 0 bridgehead atoms. The zero-order valence-electron chi connectivity index (χ0n) is 15.8. The Hall–Kier alpha value is -2.40. The molecule has 1 saturated heterocycles. The molecule has 1 aromatic carbocycles. The molecular formula is C21H26N2O3. The van der Waals surface area contributed by atoms with Crippen LogP contribution in [0.15, 0.2) is 48.7 Å². The van der Waals surface area contributed by atoms with Crippen molar-refractivity contribution in [2.24, 2.45) is 5.41 Å². The lowest BCUT2D eigenvalue weighted by Gasteiger charge is -2.43. The molecule has 138 valence electrons. The van der Waals surface area contributed by atoms with Crippen LogP contribution in [0.5, 0.6) is 5.88 Å². The van der Waals surface area contributed by atoms with Gasteiger partial charge in [0.15, 0.2) is 0 Å². The Morgan fingerprint density at radius 2 is 1.92 bits per heavy atom. The first-order chi connectivity index (χ1) is 12.4. The summed E-state index contributed by atoms with van der Waals surface area (Å²) in [6.07, 6.45) is 1.42. The number of methoxy groups -OCH3 is 1. The second kappa shape index (κ2) is 7.46. The summed E-state index contributed by atoms with van der Waals surface area (Å²) in [5, 5.41) is 0. The maximum absolute atomic E-state index is 13.1. The third-order valence-electron chi connectivity index (χ3n) is 4.72. The van der Waals surface area contributed by atoms with Gasteiger partial charge in [0.2, 0.25) is 5.88 Å². The van der Waals surface area contributed by atoms with Crippen LogP contribution in [-0.2, 0) is 4.74 Å². The molecule has 1 aliphatic rings. The normalized spacial score (nSPS) is 20.7. The van der Waals surface area contributed by atoms with Gasteiger partial charge in [0, 0.05) is 24.4 Å². The van der Waals surface area contributed by atoms with Crippen LogP contribution >= 0.6 is 0 Å². The molecule has 3 rings (SSSR count). The minimum Gasteiger partial charge on any atom is -0.481 e. The van der Waals surface area contributed by atoms with Gasteiger partial charge in [0.1, 0.15) is 6.10 Å². The third kappa shape index (κ3) is 4.05. The standard InChI is InChI=1S/C21H26N2O3/c1-21(2,3)18-14-23(13-17(26-18)15-8-6-5-7-9-15)20(24)16-10-11-22-19(12-16)25-4/h5-12,17-18H,13-14H2,1-4H3/t17-,18+/m0/s1. The number of amides is 1. The summed E-state index contributed by atoms with van der Waals surface area (Å²) in [5.41, 5.74) is 1.60. The lowest BCUT2D eigenvalue weighted by Crippen LogP contribution is -2.51. The van der Waals surface area contributed by atoms with E-state index in [1.807, 2.05) is 35.2 Å². The van der Waals surface area contributed by atoms with Crippen molar-refractivity contribution in [1.29, 1.82) is 0 Å². The number of nitrogens with zero attached hydrogens (tertiary/aromatic N) is 2. The Kier molecular flexibility index (Phi) is 5.28. The molecular weight excluding hydrogens is 328 g/mol. The molecule has 0 radical (unpaired) electrons. The van der Waals surface area contributed by atoms with Crippen molar-refractivity contribution < 1.29 is 14.3 Å². The Bertz CT molecular complexity index is 755. The number of benzene rings is 1. The molecule has 1 amide bonds. The number of hydrogen-bond donors (Lipinski definition) is 0. The van der Waals surface area contributed by atoms with Crippen molar-refractivity contribution in [2.75, 3.05) is 20.2 Å². The van der Waals surface area contributed by atoms with E-state index in [0.717, 1.165) is 5.56 Å². The van der Waals surface area contributed by atoms with Crippen LogP contribution in [0.3, 0.4) is 0 Å². The summed E-state index contributed by atoms with van der Waals surface area (Å²) < 4.78 is 11.5. The van der Waals surface area contributed by atoms with Gasteiger partial charge < -0.3 is 14.4 Å². The van der Waals surface area contributed by atoms with Crippen molar-refractivity contribution in [3.05, 3.63) is 59.8 Å². The van der Waals surface area contributed by atoms with E-state index in [4.69, 9.17) is 9.47 Å². The number of carbonyl (C=O) groups is 1. The Morgan fingerprint density at radius 1 is 1.19 bits per heavy atom. The van der Waals surface area contributed by atoms with Gasteiger partial charge in [-0.25, -0.2) is 4.98 Å². The molecule has 1 aliphatic heterocycles. The highest BCUT2D eigenvalue weighted by molar-refractivity contribution is 5.94. The van der Waals surface area contributed by atoms with Gasteiger partial charge in [0.05, 0.1) is 19.8 Å². The molecule has 5 heteroatoms. The Balaban J connectivity index is 1.88. The topological polar surface area (TPSA) is 51.7 Å². The number of pyridine rings is 1. The number of morpholine rings is 1. The predicted molar refractivity (Wildman–Crippen MR) is 100 cm³/mol. The molecule has 0 unspecified atom stereocenters. The highest BCUT2D eigenvalue weighted by atomic mass is 16.5. The van der Waals surface area contributed by atoms with E-state index in [1.165, 1.54) is 0 Å². The maximum atomic E-state index is 13.1. The smallest absolute Gasteiger partial charge is 0.254 e. The molecule has 5 nitrogen and oxygen atoms in total. The molecule has 0 spiro atoms. The number of hydrogen-bond acceptors (Lipinski definition) is 4. The number of ether oxygens (including phenoxy) is 2.